The second kappa shape index (κ2) is 11.7. The third kappa shape index (κ3) is 5.96. The number of hydrogen-bond acceptors (Lipinski definition) is 5. The lowest BCUT2D eigenvalue weighted by molar-refractivity contribution is 0.0205. The number of imidazole rings is 1. The lowest BCUT2D eigenvalue weighted by Crippen LogP contribution is -2.41. The number of hydrogen-bond donors (Lipinski definition) is 1. The number of ether oxygens (including phenoxy) is 2. The Balaban J connectivity index is 1.08. The van der Waals surface area contributed by atoms with E-state index in [1.807, 2.05) is 49.9 Å². The second-order valence-electron chi connectivity index (χ2n) is 12.4. The smallest absolute Gasteiger partial charge is 0.410 e. The fraction of sp³-hybridized carbons (Fsp3) is 0.400. The number of aryl methyl sites for hydroxylation is 1. The lowest BCUT2D eigenvalue weighted by atomic mass is 9.89. The first-order chi connectivity index (χ1) is 20.7. The van der Waals surface area contributed by atoms with Crippen LogP contribution in [0.25, 0.3) is 22.2 Å². The highest BCUT2D eigenvalue weighted by Gasteiger charge is 2.30. The molecule has 2 aliphatic rings. The molecule has 1 saturated heterocycles. The van der Waals surface area contributed by atoms with Crippen molar-refractivity contribution in [1.29, 1.82) is 0 Å². The SMILES string of the molecule is CCn1c(CNC(=O)OCC2c3ccccc3-c3ccccc32)nc2ccc(C3CCN(C(=O)OC(C)(C)C)CC3)cc21. The summed E-state index contributed by atoms with van der Waals surface area (Å²) in [6.45, 7) is 10.4. The molecule has 0 atom stereocenters. The van der Waals surface area contributed by atoms with E-state index in [1.165, 1.54) is 27.8 Å². The summed E-state index contributed by atoms with van der Waals surface area (Å²) in [5.41, 5.74) is 7.51. The third-order valence-electron chi connectivity index (χ3n) is 8.52. The van der Waals surface area contributed by atoms with Crippen molar-refractivity contribution < 1.29 is 19.1 Å². The summed E-state index contributed by atoms with van der Waals surface area (Å²) in [6, 6.07) is 23.1. The minimum absolute atomic E-state index is 0.0211. The van der Waals surface area contributed by atoms with Gasteiger partial charge in [0.2, 0.25) is 0 Å². The molecule has 0 saturated carbocycles. The summed E-state index contributed by atoms with van der Waals surface area (Å²) < 4.78 is 13.4. The van der Waals surface area contributed by atoms with Gasteiger partial charge >= 0.3 is 12.2 Å². The number of fused-ring (bicyclic) bond motifs is 4. The van der Waals surface area contributed by atoms with E-state index in [0.29, 0.717) is 19.0 Å². The molecule has 1 aromatic heterocycles. The van der Waals surface area contributed by atoms with Crippen LogP contribution in [0.1, 0.15) is 74.9 Å². The molecule has 1 aliphatic heterocycles. The molecule has 0 radical (unpaired) electrons. The topological polar surface area (TPSA) is 85.7 Å². The Bertz CT molecular complexity index is 1600. The van der Waals surface area contributed by atoms with Crippen LogP contribution >= 0.6 is 0 Å². The fourth-order valence-electron chi connectivity index (χ4n) is 6.45. The molecule has 0 unspecified atom stereocenters. The van der Waals surface area contributed by atoms with Gasteiger partial charge in [0.15, 0.2) is 0 Å². The lowest BCUT2D eigenvalue weighted by Gasteiger charge is -2.33. The number of nitrogens with one attached hydrogen (secondary N) is 1. The van der Waals surface area contributed by atoms with Gasteiger partial charge in [0.05, 0.1) is 17.6 Å². The molecule has 224 valence electrons. The zero-order valence-electron chi connectivity index (χ0n) is 25.4. The van der Waals surface area contributed by atoms with E-state index >= 15 is 0 Å². The molecular formula is C35H40N4O4. The van der Waals surface area contributed by atoms with Gasteiger partial charge < -0.3 is 24.3 Å². The highest BCUT2D eigenvalue weighted by Crippen LogP contribution is 2.44. The third-order valence-corrected chi connectivity index (χ3v) is 8.52. The van der Waals surface area contributed by atoms with Crippen LogP contribution in [0.4, 0.5) is 9.59 Å². The normalized spacial score (nSPS) is 15.3. The van der Waals surface area contributed by atoms with E-state index < -0.39 is 11.7 Å². The van der Waals surface area contributed by atoms with Crippen LogP contribution in [0.15, 0.2) is 66.7 Å². The molecule has 2 amide bonds. The van der Waals surface area contributed by atoms with Gasteiger partial charge in [-0.1, -0.05) is 54.6 Å². The van der Waals surface area contributed by atoms with Gasteiger partial charge in [-0.15, -0.1) is 0 Å². The Labute approximate surface area is 253 Å². The Morgan fingerprint density at radius 1 is 0.953 bits per heavy atom. The number of rotatable bonds is 6. The summed E-state index contributed by atoms with van der Waals surface area (Å²) >= 11 is 0. The van der Waals surface area contributed by atoms with E-state index in [1.54, 1.807) is 0 Å². The van der Waals surface area contributed by atoms with Crippen molar-refractivity contribution in [2.24, 2.45) is 0 Å². The number of piperidine rings is 1. The Morgan fingerprint density at radius 2 is 1.60 bits per heavy atom. The summed E-state index contributed by atoms with van der Waals surface area (Å²) in [7, 11) is 0. The van der Waals surface area contributed by atoms with Crippen molar-refractivity contribution >= 4 is 23.2 Å². The van der Waals surface area contributed by atoms with Crippen molar-refractivity contribution in [3.8, 4) is 11.1 Å². The minimum Gasteiger partial charge on any atom is -0.449 e. The molecule has 0 bridgehead atoms. The molecule has 43 heavy (non-hydrogen) atoms. The monoisotopic (exact) mass is 580 g/mol. The highest BCUT2D eigenvalue weighted by atomic mass is 16.6. The number of carbonyl (C=O) groups excluding carboxylic acids is 2. The van der Waals surface area contributed by atoms with Crippen molar-refractivity contribution in [2.75, 3.05) is 19.7 Å². The predicted molar refractivity (Wildman–Crippen MR) is 167 cm³/mol. The maximum Gasteiger partial charge on any atom is 0.410 e. The molecule has 1 N–H and O–H groups in total. The molecule has 3 aromatic carbocycles. The fourth-order valence-corrected chi connectivity index (χ4v) is 6.45. The molecule has 4 aromatic rings. The van der Waals surface area contributed by atoms with Crippen molar-refractivity contribution in [2.45, 2.75) is 71.1 Å². The van der Waals surface area contributed by atoms with Gasteiger partial charge in [-0.25, -0.2) is 14.6 Å². The molecule has 8 nitrogen and oxygen atoms in total. The average molecular weight is 581 g/mol. The molecule has 6 rings (SSSR count). The van der Waals surface area contributed by atoms with Gasteiger partial charge in [0.1, 0.15) is 18.0 Å². The predicted octanol–water partition coefficient (Wildman–Crippen LogP) is 7.21. The average Bonchev–Trinajstić information content (AvgIpc) is 3.52. The maximum absolute atomic E-state index is 12.8. The molecular weight excluding hydrogens is 540 g/mol. The van der Waals surface area contributed by atoms with Crippen LogP contribution in [0.2, 0.25) is 0 Å². The summed E-state index contributed by atoms with van der Waals surface area (Å²) in [5.74, 6) is 1.18. The number of likely N-dealkylation sites (tertiary alicyclic amines) is 1. The summed E-state index contributed by atoms with van der Waals surface area (Å²) in [4.78, 5) is 31.9. The van der Waals surface area contributed by atoms with Gasteiger partial charge in [0.25, 0.3) is 0 Å². The number of amides is 2. The van der Waals surface area contributed by atoms with E-state index in [9.17, 15) is 9.59 Å². The minimum atomic E-state index is -0.491. The quantitative estimate of drug-likeness (QED) is 0.261. The van der Waals surface area contributed by atoms with Gasteiger partial charge in [-0.2, -0.15) is 0 Å². The molecule has 1 fully saturated rings. The second-order valence-corrected chi connectivity index (χ2v) is 12.4. The highest BCUT2D eigenvalue weighted by molar-refractivity contribution is 5.79. The van der Waals surface area contributed by atoms with E-state index in [0.717, 1.165) is 36.2 Å². The molecule has 0 spiro atoms. The van der Waals surface area contributed by atoms with Gasteiger partial charge in [-0.05, 0) is 86.4 Å². The summed E-state index contributed by atoms with van der Waals surface area (Å²) in [5, 5.41) is 2.92. The van der Waals surface area contributed by atoms with Crippen molar-refractivity contribution in [3.05, 3.63) is 89.2 Å². The Morgan fingerprint density at radius 3 is 2.23 bits per heavy atom. The van der Waals surface area contributed by atoms with Crippen LogP contribution in [0.5, 0.6) is 0 Å². The van der Waals surface area contributed by atoms with Crippen LogP contribution in [0, 0.1) is 0 Å². The first-order valence-corrected chi connectivity index (χ1v) is 15.3. The van der Waals surface area contributed by atoms with E-state index in [4.69, 9.17) is 14.5 Å². The van der Waals surface area contributed by atoms with E-state index in [2.05, 4.69) is 59.3 Å². The number of carbonyl (C=O) groups is 2. The van der Waals surface area contributed by atoms with Gasteiger partial charge in [0, 0.05) is 25.6 Å². The van der Waals surface area contributed by atoms with E-state index in [-0.39, 0.29) is 25.2 Å². The standard InChI is InChI=1S/C35H40N4O4/c1-5-39-31-20-24(23-16-18-38(19-17-23)34(41)43-35(2,3)4)14-15-30(31)37-32(39)21-36-33(40)42-22-29-27-12-8-6-10-25(27)26-11-7-9-13-28(26)29/h6-15,20,23,29H,5,16-19,21-22H2,1-4H3,(H,36,40). The first-order valence-electron chi connectivity index (χ1n) is 15.3. The van der Waals surface area contributed by atoms with Crippen molar-refractivity contribution in [1.82, 2.24) is 19.8 Å². The zero-order chi connectivity index (χ0) is 30.1. The first kappa shape index (κ1) is 28.8. The number of alkyl carbamates (subject to hydrolysis) is 1. The molecule has 8 heteroatoms. The molecule has 1 aliphatic carbocycles. The van der Waals surface area contributed by atoms with Crippen LogP contribution in [-0.4, -0.2) is 51.9 Å². The van der Waals surface area contributed by atoms with Gasteiger partial charge in [-0.3, -0.25) is 0 Å². The number of aromatic nitrogens is 2. The van der Waals surface area contributed by atoms with Crippen LogP contribution < -0.4 is 5.32 Å². The number of benzene rings is 3. The van der Waals surface area contributed by atoms with Crippen LogP contribution in [-0.2, 0) is 22.6 Å². The maximum atomic E-state index is 12.8. The Kier molecular flexibility index (Phi) is 7.86. The van der Waals surface area contributed by atoms with Crippen LogP contribution in [0.3, 0.4) is 0 Å². The number of nitrogens with zero attached hydrogens (tertiary/aromatic N) is 3. The zero-order valence-corrected chi connectivity index (χ0v) is 25.4. The van der Waals surface area contributed by atoms with Crippen molar-refractivity contribution in [3.63, 3.8) is 0 Å². The Hall–Kier alpha value is -4.33. The summed E-state index contributed by atoms with van der Waals surface area (Å²) in [6.07, 6.45) is 1.09. The molecule has 2 heterocycles. The largest absolute Gasteiger partial charge is 0.449 e.